The fourth-order valence-corrected chi connectivity index (χ4v) is 9.47. The second-order valence-corrected chi connectivity index (χ2v) is 11.1. The van der Waals surface area contributed by atoms with Crippen LogP contribution in [0.2, 0.25) is 0 Å². The molecule has 0 spiro atoms. The molecule has 0 aromatic rings. The Labute approximate surface area is 136 Å². The van der Waals surface area contributed by atoms with Gasteiger partial charge in [0.05, 0.1) is 0 Å². The number of hydrogen-bond donors (Lipinski definition) is 0. The predicted octanol–water partition coefficient (Wildman–Crippen LogP) is 5.91. The molecule has 8 fully saturated rings. The van der Waals surface area contributed by atoms with Crippen molar-refractivity contribution in [3.05, 3.63) is 0 Å². The molecule has 8 rings (SSSR count). The van der Waals surface area contributed by atoms with Crippen LogP contribution in [-0.4, -0.2) is 0 Å². The molecule has 0 atom stereocenters. The lowest BCUT2D eigenvalue weighted by Gasteiger charge is -2.63. The Kier molecular flexibility index (Phi) is 2.62. The minimum absolute atomic E-state index is 0.757. The van der Waals surface area contributed by atoms with Gasteiger partial charge in [0.25, 0.3) is 0 Å². The first kappa shape index (κ1) is 13.3. The van der Waals surface area contributed by atoms with Crippen LogP contribution in [0.5, 0.6) is 0 Å². The number of rotatable bonds is 2. The van der Waals surface area contributed by atoms with E-state index in [9.17, 15) is 0 Å². The molecule has 122 valence electrons. The van der Waals surface area contributed by atoms with E-state index < -0.39 is 0 Å². The van der Waals surface area contributed by atoms with Crippen molar-refractivity contribution in [2.24, 2.45) is 58.7 Å². The van der Waals surface area contributed by atoms with Gasteiger partial charge in [-0.2, -0.15) is 0 Å². The van der Waals surface area contributed by atoms with Crippen molar-refractivity contribution in [3.63, 3.8) is 0 Å². The normalized spacial score (nSPS) is 64.5. The van der Waals surface area contributed by atoms with E-state index in [0.29, 0.717) is 0 Å². The molecule has 22 heavy (non-hydrogen) atoms. The maximum absolute atomic E-state index is 2.77. The minimum Gasteiger partial charge on any atom is -0.0591 e. The second kappa shape index (κ2) is 4.34. The largest absolute Gasteiger partial charge is 0.0591 e. The van der Waals surface area contributed by atoms with E-state index in [2.05, 4.69) is 6.92 Å². The summed E-state index contributed by atoms with van der Waals surface area (Å²) in [5.74, 6) is 10.3. The zero-order valence-corrected chi connectivity index (χ0v) is 14.5. The summed E-state index contributed by atoms with van der Waals surface area (Å²) in [7, 11) is 0. The smallest absolute Gasteiger partial charge is 0.0266 e. The third kappa shape index (κ3) is 1.71. The molecule has 8 aliphatic carbocycles. The summed E-state index contributed by atoms with van der Waals surface area (Å²) >= 11 is 0. The summed E-state index contributed by atoms with van der Waals surface area (Å²) < 4.78 is 0. The van der Waals surface area contributed by atoms with Crippen LogP contribution in [0.3, 0.4) is 0 Å². The highest BCUT2D eigenvalue weighted by molar-refractivity contribution is 5.07. The van der Waals surface area contributed by atoms with Crippen LogP contribution in [0.15, 0.2) is 0 Å². The van der Waals surface area contributed by atoms with Crippen LogP contribution < -0.4 is 0 Å². The van der Waals surface area contributed by atoms with Crippen LogP contribution in [0.1, 0.15) is 77.6 Å². The lowest BCUT2D eigenvalue weighted by molar-refractivity contribution is -0.135. The van der Waals surface area contributed by atoms with Crippen molar-refractivity contribution in [1.29, 1.82) is 0 Å². The van der Waals surface area contributed by atoms with Gasteiger partial charge in [-0.05, 0) is 129 Å². The van der Waals surface area contributed by atoms with Crippen molar-refractivity contribution in [2.45, 2.75) is 77.6 Å². The Morgan fingerprint density at radius 1 is 0.591 bits per heavy atom. The Morgan fingerprint density at radius 3 is 1.45 bits per heavy atom. The third-order valence-electron chi connectivity index (χ3n) is 10.1. The molecule has 0 N–H and O–H groups in total. The molecule has 0 heteroatoms. The monoisotopic (exact) mass is 298 g/mol. The Balaban J connectivity index is 1.28. The summed E-state index contributed by atoms with van der Waals surface area (Å²) in [6.45, 7) is 2.77. The molecule has 0 saturated heterocycles. The molecule has 0 aromatic heterocycles. The van der Waals surface area contributed by atoms with Gasteiger partial charge in [0, 0.05) is 0 Å². The van der Waals surface area contributed by atoms with E-state index in [1.807, 2.05) is 0 Å². The molecule has 0 nitrogen and oxygen atoms in total. The summed E-state index contributed by atoms with van der Waals surface area (Å²) in [6, 6.07) is 0. The van der Waals surface area contributed by atoms with E-state index in [1.165, 1.54) is 0 Å². The van der Waals surface area contributed by atoms with E-state index in [0.717, 1.165) is 58.7 Å². The quantitative estimate of drug-likeness (QED) is 0.594. The SMILES string of the molecule is CC1(CC2C3CC4CC(C3)CC2C4)C2CC3CC(C2)CC1C3. The van der Waals surface area contributed by atoms with Gasteiger partial charge in [0.2, 0.25) is 0 Å². The van der Waals surface area contributed by atoms with Gasteiger partial charge in [-0.1, -0.05) is 6.92 Å². The molecule has 0 radical (unpaired) electrons. The third-order valence-corrected chi connectivity index (χ3v) is 10.1. The summed E-state index contributed by atoms with van der Waals surface area (Å²) in [6.07, 6.45) is 17.9. The predicted molar refractivity (Wildman–Crippen MR) is 90.3 cm³/mol. The van der Waals surface area contributed by atoms with E-state index in [-0.39, 0.29) is 0 Å². The molecule has 0 unspecified atom stereocenters. The standard InChI is InChI=1S/C22H34/c1-22(19-8-15-3-16(10-19)11-20(22)9-15)12-21-17-4-13-2-14(6-17)7-18(21)5-13/h13-21H,2-12H2,1H3. The highest BCUT2D eigenvalue weighted by atomic mass is 14.6. The number of hydrogen-bond acceptors (Lipinski definition) is 0. The topological polar surface area (TPSA) is 0 Å². The molecule has 0 aromatic carbocycles. The van der Waals surface area contributed by atoms with Crippen molar-refractivity contribution in [3.8, 4) is 0 Å². The van der Waals surface area contributed by atoms with Crippen molar-refractivity contribution >= 4 is 0 Å². The molecule has 8 bridgehead atoms. The van der Waals surface area contributed by atoms with Crippen LogP contribution in [0.25, 0.3) is 0 Å². The fraction of sp³-hybridized carbons (Fsp3) is 1.00. The van der Waals surface area contributed by atoms with Crippen molar-refractivity contribution < 1.29 is 0 Å². The van der Waals surface area contributed by atoms with Gasteiger partial charge < -0.3 is 0 Å². The zero-order chi connectivity index (χ0) is 14.5. The maximum atomic E-state index is 2.77. The Bertz CT molecular complexity index is 418. The summed E-state index contributed by atoms with van der Waals surface area (Å²) in [5, 5.41) is 0. The van der Waals surface area contributed by atoms with Gasteiger partial charge in [-0.25, -0.2) is 0 Å². The zero-order valence-electron chi connectivity index (χ0n) is 14.5. The molecule has 8 saturated carbocycles. The van der Waals surface area contributed by atoms with Gasteiger partial charge in [0.15, 0.2) is 0 Å². The highest BCUT2D eigenvalue weighted by Crippen LogP contribution is 2.67. The highest BCUT2D eigenvalue weighted by Gasteiger charge is 2.57. The van der Waals surface area contributed by atoms with Gasteiger partial charge in [-0.3, -0.25) is 0 Å². The molecule has 0 heterocycles. The Morgan fingerprint density at radius 2 is 1.00 bits per heavy atom. The maximum Gasteiger partial charge on any atom is -0.0266 e. The van der Waals surface area contributed by atoms with Crippen LogP contribution in [0, 0.1) is 58.7 Å². The summed E-state index contributed by atoms with van der Waals surface area (Å²) in [5.41, 5.74) is 0.757. The average molecular weight is 299 g/mol. The Hall–Kier alpha value is 0. The van der Waals surface area contributed by atoms with Crippen LogP contribution in [-0.2, 0) is 0 Å². The first-order chi connectivity index (χ1) is 10.7. The van der Waals surface area contributed by atoms with E-state index in [4.69, 9.17) is 0 Å². The van der Waals surface area contributed by atoms with Crippen molar-refractivity contribution in [1.82, 2.24) is 0 Å². The lowest BCUT2D eigenvalue weighted by Crippen LogP contribution is -2.54. The van der Waals surface area contributed by atoms with Crippen LogP contribution >= 0.6 is 0 Å². The van der Waals surface area contributed by atoms with E-state index >= 15 is 0 Å². The molecule has 0 amide bonds. The van der Waals surface area contributed by atoms with Gasteiger partial charge in [0.1, 0.15) is 0 Å². The average Bonchev–Trinajstić information content (AvgIpc) is 2.47. The fourth-order valence-electron chi connectivity index (χ4n) is 9.47. The first-order valence-electron chi connectivity index (χ1n) is 10.7. The van der Waals surface area contributed by atoms with Crippen molar-refractivity contribution in [2.75, 3.05) is 0 Å². The summed E-state index contributed by atoms with van der Waals surface area (Å²) in [4.78, 5) is 0. The first-order valence-corrected chi connectivity index (χ1v) is 10.7. The molecule has 8 aliphatic rings. The minimum atomic E-state index is 0.757. The molecular weight excluding hydrogens is 264 g/mol. The molecule has 0 aliphatic heterocycles. The van der Waals surface area contributed by atoms with Gasteiger partial charge >= 0.3 is 0 Å². The lowest BCUT2D eigenvalue weighted by atomic mass is 9.42. The molecular formula is C22H34. The van der Waals surface area contributed by atoms with Gasteiger partial charge in [-0.15, -0.1) is 0 Å². The van der Waals surface area contributed by atoms with E-state index in [1.54, 1.807) is 70.6 Å². The second-order valence-electron chi connectivity index (χ2n) is 11.1. The van der Waals surface area contributed by atoms with Crippen LogP contribution in [0.4, 0.5) is 0 Å².